The molecule has 0 saturated heterocycles. The lowest BCUT2D eigenvalue weighted by Crippen LogP contribution is -2.23. The van der Waals surface area contributed by atoms with E-state index in [0.29, 0.717) is 12.4 Å². The summed E-state index contributed by atoms with van der Waals surface area (Å²) < 4.78 is 5.02. The van der Waals surface area contributed by atoms with Gasteiger partial charge in [0.15, 0.2) is 0 Å². The summed E-state index contributed by atoms with van der Waals surface area (Å²) in [4.78, 5) is 11.6. The summed E-state index contributed by atoms with van der Waals surface area (Å²) in [5.74, 6) is 0.0213. The van der Waals surface area contributed by atoms with Gasteiger partial charge in [0.1, 0.15) is 0 Å². The molecular formula is C12H13N3O2. The summed E-state index contributed by atoms with van der Waals surface area (Å²) in [7, 11) is 0. The molecular weight excluding hydrogens is 218 g/mol. The third kappa shape index (κ3) is 2.90. The van der Waals surface area contributed by atoms with E-state index in [1.807, 2.05) is 31.2 Å². The van der Waals surface area contributed by atoms with E-state index in [2.05, 4.69) is 15.5 Å². The summed E-state index contributed by atoms with van der Waals surface area (Å²) in [5, 5.41) is 9.97. The largest absolute Gasteiger partial charge is 0.417 e. The standard InChI is InChI=1S/C12H13N3O2/c1-8-4-3-5-10(6-8)7-13-11(16)12-15-14-9(2)17-12/h3-6H,7H2,1-2H3,(H,13,16). The highest BCUT2D eigenvalue weighted by atomic mass is 16.4. The van der Waals surface area contributed by atoms with Gasteiger partial charge in [-0.25, -0.2) is 0 Å². The number of hydrogen-bond acceptors (Lipinski definition) is 4. The van der Waals surface area contributed by atoms with Crippen LogP contribution in [0.2, 0.25) is 0 Å². The zero-order chi connectivity index (χ0) is 12.3. The SMILES string of the molecule is Cc1cccc(CNC(=O)c2nnc(C)o2)c1. The summed E-state index contributed by atoms with van der Waals surface area (Å²) >= 11 is 0. The highest BCUT2D eigenvalue weighted by molar-refractivity contribution is 5.89. The highest BCUT2D eigenvalue weighted by Crippen LogP contribution is 2.04. The molecule has 5 heteroatoms. The summed E-state index contributed by atoms with van der Waals surface area (Å²) in [6.45, 7) is 4.10. The molecule has 1 N–H and O–H groups in total. The molecule has 0 aliphatic rings. The first-order valence-corrected chi connectivity index (χ1v) is 5.29. The highest BCUT2D eigenvalue weighted by Gasteiger charge is 2.12. The Labute approximate surface area is 98.9 Å². The van der Waals surface area contributed by atoms with Crippen LogP contribution in [0.1, 0.15) is 27.7 Å². The molecule has 2 aromatic rings. The van der Waals surface area contributed by atoms with Crippen LogP contribution in [0.4, 0.5) is 0 Å². The zero-order valence-electron chi connectivity index (χ0n) is 9.73. The number of carbonyl (C=O) groups excluding carboxylic acids is 1. The molecule has 0 saturated carbocycles. The van der Waals surface area contributed by atoms with Gasteiger partial charge in [0.05, 0.1) is 0 Å². The Balaban J connectivity index is 1.97. The molecule has 0 bridgehead atoms. The third-order valence-electron chi connectivity index (χ3n) is 2.26. The van der Waals surface area contributed by atoms with Crippen LogP contribution in [-0.4, -0.2) is 16.1 Å². The molecule has 0 unspecified atom stereocenters. The normalized spacial score (nSPS) is 10.2. The van der Waals surface area contributed by atoms with Crippen LogP contribution in [0.3, 0.4) is 0 Å². The number of aromatic nitrogens is 2. The molecule has 88 valence electrons. The van der Waals surface area contributed by atoms with Crippen LogP contribution in [0.15, 0.2) is 28.7 Å². The van der Waals surface area contributed by atoms with Crippen LogP contribution in [0, 0.1) is 13.8 Å². The lowest BCUT2D eigenvalue weighted by molar-refractivity contribution is 0.0915. The minimum absolute atomic E-state index is 0.00449. The topological polar surface area (TPSA) is 68.0 Å². The van der Waals surface area contributed by atoms with Crippen LogP contribution in [0.25, 0.3) is 0 Å². The van der Waals surface area contributed by atoms with E-state index < -0.39 is 0 Å². The third-order valence-corrected chi connectivity index (χ3v) is 2.26. The Bertz CT molecular complexity index is 534. The molecule has 5 nitrogen and oxygen atoms in total. The van der Waals surface area contributed by atoms with Crippen molar-refractivity contribution in [3.05, 3.63) is 47.2 Å². The lowest BCUT2D eigenvalue weighted by Gasteiger charge is -2.03. The smallest absolute Gasteiger partial charge is 0.309 e. The Morgan fingerprint density at radius 3 is 2.82 bits per heavy atom. The van der Waals surface area contributed by atoms with E-state index in [-0.39, 0.29) is 11.8 Å². The quantitative estimate of drug-likeness (QED) is 0.871. The van der Waals surface area contributed by atoms with Gasteiger partial charge >= 0.3 is 11.8 Å². The first-order valence-electron chi connectivity index (χ1n) is 5.29. The van der Waals surface area contributed by atoms with Gasteiger partial charge in [-0.3, -0.25) is 4.79 Å². The monoisotopic (exact) mass is 231 g/mol. The van der Waals surface area contributed by atoms with Gasteiger partial charge in [-0.1, -0.05) is 29.8 Å². The van der Waals surface area contributed by atoms with Gasteiger partial charge in [0, 0.05) is 13.5 Å². The second-order valence-electron chi connectivity index (χ2n) is 3.80. The number of amides is 1. The summed E-state index contributed by atoms with van der Waals surface area (Å²) in [6, 6.07) is 7.92. The Morgan fingerprint density at radius 1 is 1.35 bits per heavy atom. The van der Waals surface area contributed by atoms with Crippen molar-refractivity contribution >= 4 is 5.91 Å². The predicted molar refractivity (Wildman–Crippen MR) is 61.4 cm³/mol. The fourth-order valence-electron chi connectivity index (χ4n) is 1.47. The van der Waals surface area contributed by atoms with Crippen molar-refractivity contribution in [2.75, 3.05) is 0 Å². The van der Waals surface area contributed by atoms with E-state index in [9.17, 15) is 4.79 Å². The van der Waals surface area contributed by atoms with Crippen molar-refractivity contribution in [2.45, 2.75) is 20.4 Å². The van der Waals surface area contributed by atoms with Gasteiger partial charge in [0.2, 0.25) is 5.89 Å². The first kappa shape index (κ1) is 11.3. The van der Waals surface area contributed by atoms with Crippen molar-refractivity contribution in [1.29, 1.82) is 0 Å². The zero-order valence-corrected chi connectivity index (χ0v) is 9.73. The predicted octanol–water partition coefficient (Wildman–Crippen LogP) is 1.62. The number of benzene rings is 1. The summed E-state index contributed by atoms with van der Waals surface area (Å²) in [5.41, 5.74) is 2.19. The molecule has 0 radical (unpaired) electrons. The minimum Gasteiger partial charge on any atom is -0.417 e. The maximum atomic E-state index is 11.6. The van der Waals surface area contributed by atoms with Crippen LogP contribution < -0.4 is 5.32 Å². The number of carbonyl (C=O) groups is 1. The van der Waals surface area contributed by atoms with E-state index in [1.165, 1.54) is 0 Å². The van der Waals surface area contributed by atoms with Crippen molar-refractivity contribution < 1.29 is 9.21 Å². The maximum absolute atomic E-state index is 11.6. The lowest BCUT2D eigenvalue weighted by atomic mass is 10.1. The molecule has 0 spiro atoms. The van der Waals surface area contributed by atoms with Gasteiger partial charge < -0.3 is 9.73 Å². The van der Waals surface area contributed by atoms with Crippen LogP contribution in [0.5, 0.6) is 0 Å². The number of nitrogens with zero attached hydrogens (tertiary/aromatic N) is 2. The molecule has 1 amide bonds. The fourth-order valence-corrected chi connectivity index (χ4v) is 1.47. The molecule has 0 fully saturated rings. The van der Waals surface area contributed by atoms with Crippen LogP contribution >= 0.6 is 0 Å². The summed E-state index contributed by atoms with van der Waals surface area (Å²) in [6.07, 6.45) is 0. The number of hydrogen-bond donors (Lipinski definition) is 1. The molecule has 1 heterocycles. The van der Waals surface area contributed by atoms with E-state index in [1.54, 1.807) is 6.92 Å². The van der Waals surface area contributed by atoms with E-state index in [0.717, 1.165) is 11.1 Å². The number of aryl methyl sites for hydroxylation is 2. The molecule has 0 aliphatic carbocycles. The van der Waals surface area contributed by atoms with Crippen molar-refractivity contribution in [2.24, 2.45) is 0 Å². The van der Waals surface area contributed by atoms with Crippen molar-refractivity contribution in [3.63, 3.8) is 0 Å². The average molecular weight is 231 g/mol. The van der Waals surface area contributed by atoms with Gasteiger partial charge in [-0.15, -0.1) is 10.2 Å². The molecule has 0 aliphatic heterocycles. The second kappa shape index (κ2) is 4.78. The van der Waals surface area contributed by atoms with Gasteiger partial charge in [-0.05, 0) is 12.5 Å². The average Bonchev–Trinajstić information content (AvgIpc) is 2.73. The minimum atomic E-state index is -0.355. The number of rotatable bonds is 3. The number of nitrogens with one attached hydrogen (secondary N) is 1. The Kier molecular flexibility index (Phi) is 3.18. The van der Waals surface area contributed by atoms with Crippen molar-refractivity contribution in [3.8, 4) is 0 Å². The van der Waals surface area contributed by atoms with E-state index in [4.69, 9.17) is 4.42 Å². The van der Waals surface area contributed by atoms with Crippen LogP contribution in [-0.2, 0) is 6.54 Å². The molecule has 17 heavy (non-hydrogen) atoms. The molecule has 1 aromatic carbocycles. The first-order chi connectivity index (χ1) is 8.15. The molecule has 0 atom stereocenters. The van der Waals surface area contributed by atoms with Gasteiger partial charge in [-0.2, -0.15) is 0 Å². The molecule has 1 aromatic heterocycles. The fraction of sp³-hybridized carbons (Fsp3) is 0.250. The van der Waals surface area contributed by atoms with Gasteiger partial charge in [0.25, 0.3) is 0 Å². The molecule has 2 rings (SSSR count). The Hall–Kier alpha value is -2.17. The Morgan fingerprint density at radius 2 is 2.18 bits per heavy atom. The van der Waals surface area contributed by atoms with Crippen molar-refractivity contribution in [1.82, 2.24) is 15.5 Å². The second-order valence-corrected chi connectivity index (χ2v) is 3.80. The maximum Gasteiger partial charge on any atom is 0.309 e. The van der Waals surface area contributed by atoms with E-state index >= 15 is 0 Å².